The fourth-order valence-corrected chi connectivity index (χ4v) is 10.1. The van der Waals surface area contributed by atoms with Crippen LogP contribution in [0.1, 0.15) is 55.4 Å². The van der Waals surface area contributed by atoms with Crippen LogP contribution in [0.4, 0.5) is 0 Å². The zero-order chi connectivity index (χ0) is 29.5. The summed E-state index contributed by atoms with van der Waals surface area (Å²) >= 11 is 0. The van der Waals surface area contributed by atoms with Gasteiger partial charge in [-0.3, -0.25) is 4.79 Å². The van der Waals surface area contributed by atoms with Gasteiger partial charge < -0.3 is 23.4 Å². The predicted molar refractivity (Wildman–Crippen MR) is 158 cm³/mol. The molecule has 0 amide bonds. The quantitative estimate of drug-likeness (QED) is 0.286. The molecule has 1 saturated heterocycles. The molecule has 1 fully saturated rings. The Labute approximate surface area is 240 Å². The summed E-state index contributed by atoms with van der Waals surface area (Å²) in [6.07, 6.45) is -2.03. The molecular formula is C32H46O7Si. The van der Waals surface area contributed by atoms with Crippen molar-refractivity contribution in [3.8, 4) is 0 Å². The summed E-state index contributed by atoms with van der Waals surface area (Å²) in [4.78, 5) is 24.7. The number of carbonyl (C=O) groups excluding carboxylic acids is 2. The summed E-state index contributed by atoms with van der Waals surface area (Å²) in [5.74, 6) is -0.501. The molecule has 2 aromatic carbocycles. The van der Waals surface area contributed by atoms with E-state index < -0.39 is 26.7 Å². The van der Waals surface area contributed by atoms with Crippen molar-refractivity contribution in [2.45, 2.75) is 78.9 Å². The first-order valence-corrected chi connectivity index (χ1v) is 16.2. The summed E-state index contributed by atoms with van der Waals surface area (Å²) in [5, 5.41) is 1.97. The maximum atomic E-state index is 13.3. The molecule has 0 spiro atoms. The van der Waals surface area contributed by atoms with Crippen LogP contribution in [0.15, 0.2) is 60.7 Å². The summed E-state index contributed by atoms with van der Waals surface area (Å²) in [6.45, 7) is 16.4. The lowest BCUT2D eigenvalue weighted by atomic mass is 9.79. The zero-order valence-corrected chi connectivity index (χ0v) is 26.2. The summed E-state index contributed by atoms with van der Waals surface area (Å²) in [6, 6.07) is 20.5. The highest BCUT2D eigenvalue weighted by molar-refractivity contribution is 6.99. The van der Waals surface area contributed by atoms with E-state index in [-0.39, 0.29) is 54.7 Å². The SMILES string of the molecule is CCOC(=O)[C@H](CO[Si](c1ccccc1)(c1ccccc1)C(C)(C)C)OC1OC(COC(C)=O)[C@@H](C)[C@H](C)C1C. The van der Waals surface area contributed by atoms with Crippen molar-refractivity contribution in [2.24, 2.45) is 17.8 Å². The molecule has 8 heteroatoms. The molecule has 40 heavy (non-hydrogen) atoms. The highest BCUT2D eigenvalue weighted by atomic mass is 28.4. The number of carbonyl (C=O) groups is 2. The van der Waals surface area contributed by atoms with Crippen LogP contribution in [-0.4, -0.2) is 58.6 Å². The van der Waals surface area contributed by atoms with Gasteiger partial charge in [-0.15, -0.1) is 0 Å². The third kappa shape index (κ3) is 7.21. The van der Waals surface area contributed by atoms with Crippen LogP contribution < -0.4 is 10.4 Å². The van der Waals surface area contributed by atoms with Crippen LogP contribution in [-0.2, 0) is 33.0 Å². The first kappa shape index (κ1) is 32.0. The predicted octanol–water partition coefficient (Wildman–Crippen LogP) is 4.71. The van der Waals surface area contributed by atoms with Gasteiger partial charge in [0.25, 0.3) is 8.32 Å². The number of esters is 2. The Hall–Kier alpha value is -2.52. The monoisotopic (exact) mass is 570 g/mol. The maximum Gasteiger partial charge on any atom is 0.337 e. The minimum Gasteiger partial charge on any atom is -0.464 e. The van der Waals surface area contributed by atoms with Crippen LogP contribution in [0.25, 0.3) is 0 Å². The second kappa shape index (κ2) is 13.9. The molecule has 220 valence electrons. The number of hydrogen-bond acceptors (Lipinski definition) is 7. The minimum atomic E-state index is -2.91. The second-order valence-electron chi connectivity index (χ2n) is 11.8. The number of ether oxygens (including phenoxy) is 4. The van der Waals surface area contributed by atoms with E-state index >= 15 is 0 Å². The van der Waals surface area contributed by atoms with Gasteiger partial charge in [0, 0.05) is 12.8 Å². The third-order valence-corrected chi connectivity index (χ3v) is 13.2. The van der Waals surface area contributed by atoms with Gasteiger partial charge in [0.15, 0.2) is 12.4 Å². The zero-order valence-electron chi connectivity index (χ0n) is 25.2. The molecule has 2 aromatic rings. The largest absolute Gasteiger partial charge is 0.464 e. The van der Waals surface area contributed by atoms with Gasteiger partial charge >= 0.3 is 11.9 Å². The van der Waals surface area contributed by atoms with Crippen LogP contribution in [0.3, 0.4) is 0 Å². The Morgan fingerprint density at radius 3 is 1.90 bits per heavy atom. The Bertz CT molecular complexity index is 1050. The highest BCUT2D eigenvalue weighted by Gasteiger charge is 2.51. The van der Waals surface area contributed by atoms with Gasteiger partial charge in [-0.1, -0.05) is 102 Å². The van der Waals surface area contributed by atoms with Gasteiger partial charge in [0.2, 0.25) is 0 Å². The molecule has 1 aliphatic rings. The van der Waals surface area contributed by atoms with Crippen molar-refractivity contribution in [2.75, 3.05) is 19.8 Å². The normalized spacial score (nSPS) is 24.2. The van der Waals surface area contributed by atoms with Crippen molar-refractivity contribution in [3.05, 3.63) is 60.7 Å². The fraction of sp³-hybridized carbons (Fsp3) is 0.562. The topological polar surface area (TPSA) is 80.3 Å². The Morgan fingerprint density at radius 2 is 1.43 bits per heavy atom. The Kier molecular flexibility index (Phi) is 11.1. The molecule has 0 N–H and O–H groups in total. The number of benzene rings is 2. The van der Waals surface area contributed by atoms with Gasteiger partial charge in [0.1, 0.15) is 6.61 Å². The van der Waals surface area contributed by atoms with Gasteiger partial charge in [0.05, 0.1) is 19.3 Å². The smallest absolute Gasteiger partial charge is 0.337 e. The molecular weight excluding hydrogens is 524 g/mol. The van der Waals surface area contributed by atoms with E-state index in [4.69, 9.17) is 23.4 Å². The molecule has 3 unspecified atom stereocenters. The van der Waals surface area contributed by atoms with Crippen LogP contribution in [0.5, 0.6) is 0 Å². The summed E-state index contributed by atoms with van der Waals surface area (Å²) < 4.78 is 30.5. The van der Waals surface area contributed by atoms with Crippen molar-refractivity contribution in [3.63, 3.8) is 0 Å². The summed E-state index contributed by atoms with van der Waals surface area (Å²) in [5.41, 5.74) is 0. The summed E-state index contributed by atoms with van der Waals surface area (Å²) in [7, 11) is -2.91. The van der Waals surface area contributed by atoms with E-state index in [2.05, 4.69) is 65.8 Å². The van der Waals surface area contributed by atoms with Crippen molar-refractivity contribution in [1.29, 1.82) is 0 Å². The van der Waals surface area contributed by atoms with Gasteiger partial charge in [-0.2, -0.15) is 0 Å². The van der Waals surface area contributed by atoms with E-state index in [0.29, 0.717) is 0 Å². The molecule has 7 nitrogen and oxygen atoms in total. The van der Waals surface area contributed by atoms with Crippen LogP contribution in [0, 0.1) is 17.8 Å². The van der Waals surface area contributed by atoms with Crippen molar-refractivity contribution < 1.29 is 33.0 Å². The van der Waals surface area contributed by atoms with E-state index in [0.717, 1.165) is 10.4 Å². The second-order valence-corrected chi connectivity index (χ2v) is 16.1. The Balaban J connectivity index is 1.95. The molecule has 0 radical (unpaired) electrons. The first-order valence-electron chi connectivity index (χ1n) is 14.3. The lowest BCUT2D eigenvalue weighted by molar-refractivity contribution is -0.272. The van der Waals surface area contributed by atoms with Gasteiger partial charge in [-0.25, -0.2) is 4.79 Å². The minimum absolute atomic E-state index is 0.00614. The lowest BCUT2D eigenvalue weighted by Crippen LogP contribution is -2.67. The third-order valence-electron chi connectivity index (χ3n) is 8.15. The molecule has 0 bridgehead atoms. The van der Waals surface area contributed by atoms with Crippen molar-refractivity contribution >= 4 is 30.6 Å². The average molecular weight is 571 g/mol. The molecule has 6 atom stereocenters. The number of rotatable bonds is 11. The van der Waals surface area contributed by atoms with Gasteiger partial charge in [-0.05, 0) is 34.2 Å². The molecule has 0 saturated carbocycles. The molecule has 3 rings (SSSR count). The standard InChI is InChI=1S/C32H46O7Si/c1-9-35-30(34)29(39-31-24(4)22(2)23(3)28(38-31)20-36-25(5)33)21-37-40(32(6,7)8,26-16-12-10-13-17-26)27-18-14-11-15-19-27/h10-19,22-24,28-29,31H,9,20-21H2,1-8H3/t22-,23-,24?,28?,29-,31?/m0/s1. The molecule has 0 aromatic heterocycles. The lowest BCUT2D eigenvalue weighted by Gasteiger charge is -2.45. The van der Waals surface area contributed by atoms with Crippen LogP contribution in [0.2, 0.25) is 5.04 Å². The maximum absolute atomic E-state index is 13.3. The molecule has 0 aliphatic carbocycles. The fourth-order valence-electron chi connectivity index (χ4n) is 5.55. The van der Waals surface area contributed by atoms with Crippen LogP contribution >= 0.6 is 0 Å². The van der Waals surface area contributed by atoms with E-state index in [1.54, 1.807) is 6.92 Å². The van der Waals surface area contributed by atoms with E-state index in [1.165, 1.54) is 6.92 Å². The van der Waals surface area contributed by atoms with E-state index in [1.807, 2.05) is 36.4 Å². The number of hydrogen-bond donors (Lipinski definition) is 0. The van der Waals surface area contributed by atoms with E-state index in [9.17, 15) is 9.59 Å². The highest BCUT2D eigenvalue weighted by Crippen LogP contribution is 2.38. The molecule has 1 heterocycles. The Morgan fingerprint density at radius 1 is 0.875 bits per heavy atom. The van der Waals surface area contributed by atoms with Crippen molar-refractivity contribution in [1.82, 2.24) is 0 Å². The molecule has 1 aliphatic heterocycles. The first-order chi connectivity index (χ1) is 18.9. The average Bonchev–Trinajstić information content (AvgIpc) is 2.92.